The minimum atomic E-state index is -0.962. The minimum absolute atomic E-state index is 0.236. The zero-order valence-corrected chi connectivity index (χ0v) is 10.7. The van der Waals surface area contributed by atoms with E-state index in [0.717, 1.165) is 22.6 Å². The van der Waals surface area contributed by atoms with E-state index in [4.69, 9.17) is 9.84 Å². The van der Waals surface area contributed by atoms with E-state index < -0.39 is 5.97 Å². The van der Waals surface area contributed by atoms with E-state index in [9.17, 15) is 4.79 Å². The number of fused-ring (bicyclic) bond motifs is 1. The van der Waals surface area contributed by atoms with Crippen LogP contribution in [0.1, 0.15) is 9.67 Å². The molecule has 0 spiro atoms. The highest BCUT2D eigenvalue weighted by atomic mass is 32.1. The van der Waals surface area contributed by atoms with Gasteiger partial charge >= 0.3 is 5.97 Å². The van der Waals surface area contributed by atoms with Crippen molar-refractivity contribution in [1.82, 2.24) is 14.6 Å². The summed E-state index contributed by atoms with van der Waals surface area (Å²) in [5.41, 5.74) is 0.850. The SMILES string of the molecule is COc1ccc(-c2nnc3sc(C(=O)O)cn23)cc1. The van der Waals surface area contributed by atoms with Gasteiger partial charge in [-0.2, -0.15) is 0 Å². The second-order valence-corrected chi connectivity index (χ2v) is 4.81. The predicted octanol–water partition coefficient (Wildman–Crippen LogP) is 2.16. The molecule has 7 heteroatoms. The van der Waals surface area contributed by atoms with E-state index >= 15 is 0 Å². The molecule has 0 atom stereocenters. The quantitative estimate of drug-likeness (QED) is 0.792. The Morgan fingerprint density at radius 2 is 2.05 bits per heavy atom. The van der Waals surface area contributed by atoms with Gasteiger partial charge in [0.25, 0.3) is 0 Å². The van der Waals surface area contributed by atoms with Crippen LogP contribution >= 0.6 is 11.3 Å². The molecule has 0 aliphatic rings. The normalized spacial score (nSPS) is 10.8. The average molecular weight is 275 g/mol. The van der Waals surface area contributed by atoms with E-state index in [0.29, 0.717) is 10.8 Å². The fourth-order valence-corrected chi connectivity index (χ4v) is 2.50. The maximum atomic E-state index is 10.9. The molecule has 0 saturated carbocycles. The Morgan fingerprint density at radius 1 is 1.32 bits per heavy atom. The second kappa shape index (κ2) is 4.36. The molecule has 1 N–H and O–H groups in total. The molecule has 0 saturated heterocycles. The van der Waals surface area contributed by atoms with Gasteiger partial charge in [-0.15, -0.1) is 10.2 Å². The highest BCUT2D eigenvalue weighted by Gasteiger charge is 2.14. The van der Waals surface area contributed by atoms with Gasteiger partial charge < -0.3 is 9.84 Å². The maximum absolute atomic E-state index is 10.9. The lowest BCUT2D eigenvalue weighted by Crippen LogP contribution is -1.92. The zero-order chi connectivity index (χ0) is 13.4. The van der Waals surface area contributed by atoms with Crippen LogP contribution in [0.4, 0.5) is 0 Å². The highest BCUT2D eigenvalue weighted by Crippen LogP contribution is 2.25. The number of hydrogen-bond donors (Lipinski definition) is 1. The van der Waals surface area contributed by atoms with Gasteiger partial charge in [-0.25, -0.2) is 4.79 Å². The molecule has 2 heterocycles. The standard InChI is InChI=1S/C12H9N3O3S/c1-18-8-4-2-7(3-5-8)10-13-14-12-15(10)6-9(19-12)11(16)17/h2-6H,1H3,(H,16,17). The summed E-state index contributed by atoms with van der Waals surface area (Å²) in [7, 11) is 1.60. The van der Waals surface area contributed by atoms with Crippen molar-refractivity contribution in [2.24, 2.45) is 0 Å². The molecule has 6 nitrogen and oxygen atoms in total. The number of ether oxygens (including phenoxy) is 1. The van der Waals surface area contributed by atoms with Crippen LogP contribution in [0.2, 0.25) is 0 Å². The van der Waals surface area contributed by atoms with Crippen molar-refractivity contribution in [3.63, 3.8) is 0 Å². The number of carboxylic acid groups (broad SMARTS) is 1. The van der Waals surface area contributed by atoms with Gasteiger partial charge in [-0.3, -0.25) is 4.40 Å². The van der Waals surface area contributed by atoms with E-state index in [1.807, 2.05) is 24.3 Å². The molecule has 3 rings (SSSR count). The molecule has 3 aromatic rings. The first-order chi connectivity index (χ1) is 9.19. The third-order valence-corrected chi connectivity index (χ3v) is 3.63. The number of thiazole rings is 1. The Hall–Kier alpha value is -2.41. The number of benzene rings is 1. The first-order valence-electron chi connectivity index (χ1n) is 5.41. The molecule has 0 bridgehead atoms. The monoisotopic (exact) mass is 275 g/mol. The van der Waals surface area contributed by atoms with Crippen molar-refractivity contribution in [1.29, 1.82) is 0 Å². The number of carbonyl (C=O) groups is 1. The molecule has 0 amide bonds. The van der Waals surface area contributed by atoms with Crippen LogP contribution < -0.4 is 4.74 Å². The molecule has 19 heavy (non-hydrogen) atoms. The molecule has 2 aromatic heterocycles. The van der Waals surface area contributed by atoms with Gasteiger partial charge in [0.05, 0.1) is 7.11 Å². The third kappa shape index (κ3) is 1.93. The van der Waals surface area contributed by atoms with Gasteiger partial charge in [-0.05, 0) is 24.3 Å². The van der Waals surface area contributed by atoms with Crippen molar-refractivity contribution in [2.45, 2.75) is 0 Å². The van der Waals surface area contributed by atoms with Gasteiger partial charge in [0.15, 0.2) is 5.82 Å². The lowest BCUT2D eigenvalue weighted by atomic mass is 10.2. The van der Waals surface area contributed by atoms with Crippen LogP contribution in [-0.4, -0.2) is 32.8 Å². The van der Waals surface area contributed by atoms with E-state index in [1.54, 1.807) is 11.5 Å². The number of aromatic carboxylic acids is 1. The summed E-state index contributed by atoms with van der Waals surface area (Å²) < 4.78 is 6.77. The molecule has 0 unspecified atom stereocenters. The van der Waals surface area contributed by atoms with Crippen molar-refractivity contribution in [3.05, 3.63) is 35.3 Å². The molecule has 1 aromatic carbocycles. The first kappa shape index (κ1) is 11.7. The largest absolute Gasteiger partial charge is 0.497 e. The Balaban J connectivity index is 2.10. The van der Waals surface area contributed by atoms with Crippen LogP contribution in [0.15, 0.2) is 30.5 Å². The lowest BCUT2D eigenvalue weighted by Gasteiger charge is -2.00. The van der Waals surface area contributed by atoms with Gasteiger partial charge in [-0.1, -0.05) is 11.3 Å². The van der Waals surface area contributed by atoms with Crippen LogP contribution in [0, 0.1) is 0 Å². The smallest absolute Gasteiger partial charge is 0.347 e. The summed E-state index contributed by atoms with van der Waals surface area (Å²) in [6, 6.07) is 7.35. The summed E-state index contributed by atoms with van der Waals surface area (Å²) in [5.74, 6) is 0.402. The fraction of sp³-hybridized carbons (Fsp3) is 0.0833. The second-order valence-electron chi connectivity index (χ2n) is 3.81. The molecule has 96 valence electrons. The highest BCUT2D eigenvalue weighted by molar-refractivity contribution is 7.18. The van der Waals surface area contributed by atoms with E-state index in [1.165, 1.54) is 6.20 Å². The average Bonchev–Trinajstić information content (AvgIpc) is 2.98. The number of aromatic nitrogens is 3. The van der Waals surface area contributed by atoms with Crippen LogP contribution in [-0.2, 0) is 0 Å². The van der Waals surface area contributed by atoms with Crippen LogP contribution in [0.3, 0.4) is 0 Å². The van der Waals surface area contributed by atoms with Crippen LogP contribution in [0.5, 0.6) is 5.75 Å². The molecular weight excluding hydrogens is 266 g/mol. The van der Waals surface area contributed by atoms with Crippen molar-refractivity contribution in [3.8, 4) is 17.1 Å². The topological polar surface area (TPSA) is 76.7 Å². The van der Waals surface area contributed by atoms with Crippen LogP contribution in [0.25, 0.3) is 16.3 Å². The van der Waals surface area contributed by atoms with Crippen molar-refractivity contribution >= 4 is 22.3 Å². The predicted molar refractivity (Wildman–Crippen MR) is 69.8 cm³/mol. The maximum Gasteiger partial charge on any atom is 0.347 e. The Bertz CT molecular complexity index is 745. The molecule has 0 radical (unpaired) electrons. The van der Waals surface area contributed by atoms with Gasteiger partial charge in [0.2, 0.25) is 4.96 Å². The molecule has 0 aliphatic carbocycles. The number of nitrogens with zero attached hydrogens (tertiary/aromatic N) is 3. The minimum Gasteiger partial charge on any atom is -0.497 e. The fourth-order valence-electron chi connectivity index (χ4n) is 1.74. The molecular formula is C12H9N3O3S. The van der Waals surface area contributed by atoms with Gasteiger partial charge in [0, 0.05) is 11.8 Å². The first-order valence-corrected chi connectivity index (χ1v) is 6.23. The Morgan fingerprint density at radius 3 is 2.68 bits per heavy atom. The molecule has 0 aliphatic heterocycles. The van der Waals surface area contributed by atoms with Crippen molar-refractivity contribution in [2.75, 3.05) is 7.11 Å². The van der Waals surface area contributed by atoms with Gasteiger partial charge in [0.1, 0.15) is 10.6 Å². The zero-order valence-electron chi connectivity index (χ0n) is 9.90. The summed E-state index contributed by atoms with van der Waals surface area (Å²) >= 11 is 1.09. The number of methoxy groups -OCH3 is 1. The summed E-state index contributed by atoms with van der Waals surface area (Å²) in [6.07, 6.45) is 1.53. The van der Waals surface area contributed by atoms with Crippen molar-refractivity contribution < 1.29 is 14.6 Å². The third-order valence-electron chi connectivity index (χ3n) is 2.67. The number of carboxylic acids is 1. The Kier molecular flexibility index (Phi) is 2.68. The lowest BCUT2D eigenvalue weighted by molar-refractivity contribution is 0.0702. The number of rotatable bonds is 3. The summed E-state index contributed by atoms with van der Waals surface area (Å²) in [6.45, 7) is 0. The summed E-state index contributed by atoms with van der Waals surface area (Å²) in [5, 5.41) is 17.0. The number of hydrogen-bond acceptors (Lipinski definition) is 5. The van der Waals surface area contributed by atoms with E-state index in [2.05, 4.69) is 10.2 Å². The summed E-state index contributed by atoms with van der Waals surface area (Å²) in [4.78, 5) is 11.7. The Labute approximate surface area is 111 Å². The molecule has 0 fully saturated rings. The van der Waals surface area contributed by atoms with E-state index in [-0.39, 0.29) is 4.88 Å².